The molecule has 6 rings (SSSR count). The van der Waals surface area contributed by atoms with Crippen LogP contribution < -0.4 is 10.1 Å². The Morgan fingerprint density at radius 1 is 0.925 bits per heavy atom. The third-order valence-corrected chi connectivity index (χ3v) is 7.04. The molecule has 0 aliphatic rings. The predicted molar refractivity (Wildman–Crippen MR) is 154 cm³/mol. The first-order chi connectivity index (χ1) is 19.4. The van der Waals surface area contributed by atoms with Crippen LogP contribution in [0.25, 0.3) is 33.1 Å². The van der Waals surface area contributed by atoms with Crippen molar-refractivity contribution in [2.45, 2.75) is 13.2 Å². The molecule has 0 saturated heterocycles. The Balaban J connectivity index is 1.32. The largest absolute Gasteiger partial charge is 0.435 e. The highest BCUT2D eigenvalue weighted by Gasteiger charge is 2.16. The van der Waals surface area contributed by atoms with Gasteiger partial charge in [0.05, 0.1) is 22.3 Å². The number of halogens is 3. The van der Waals surface area contributed by atoms with E-state index < -0.39 is 6.61 Å². The molecule has 0 unspecified atom stereocenters. The molecule has 1 N–H and O–H groups in total. The molecule has 6 aromatic rings. The maximum atomic E-state index is 13.6. The number of nitrogens with one attached hydrogen (secondary N) is 1. The number of aromatic nitrogens is 2. The number of amides is 1. The van der Waals surface area contributed by atoms with Crippen LogP contribution in [0.4, 0.5) is 14.5 Å². The van der Waals surface area contributed by atoms with Crippen molar-refractivity contribution in [1.29, 1.82) is 0 Å². The summed E-state index contributed by atoms with van der Waals surface area (Å²) in [5.41, 5.74) is 4.90. The number of hydrogen-bond donors (Lipinski definition) is 1. The number of pyridine rings is 1. The predicted octanol–water partition coefficient (Wildman–Crippen LogP) is 8.41. The van der Waals surface area contributed by atoms with Crippen LogP contribution in [-0.4, -0.2) is 22.1 Å². The Morgan fingerprint density at radius 2 is 1.70 bits per heavy atom. The van der Waals surface area contributed by atoms with Gasteiger partial charge in [0, 0.05) is 34.4 Å². The lowest BCUT2D eigenvalue weighted by atomic mass is 10.0. The summed E-state index contributed by atoms with van der Waals surface area (Å²) in [6.45, 7) is -2.31. The monoisotopic (exact) mass is 553 g/mol. The number of alkyl halides is 2. The number of para-hydroxylation sites is 1. The summed E-state index contributed by atoms with van der Waals surface area (Å²) in [6.07, 6.45) is 2.00. The summed E-state index contributed by atoms with van der Waals surface area (Å²) in [5, 5.41) is 5.48. The van der Waals surface area contributed by atoms with Crippen molar-refractivity contribution in [3.63, 3.8) is 0 Å². The molecule has 8 heteroatoms. The number of rotatable bonds is 7. The molecule has 0 bridgehead atoms. The molecule has 4 aromatic carbocycles. The normalized spacial score (nSPS) is 11.3. The zero-order valence-corrected chi connectivity index (χ0v) is 21.8. The second kappa shape index (κ2) is 10.8. The van der Waals surface area contributed by atoms with Crippen molar-refractivity contribution in [3.05, 3.63) is 125 Å². The molecule has 5 nitrogen and oxygen atoms in total. The van der Waals surface area contributed by atoms with Crippen molar-refractivity contribution in [1.82, 2.24) is 9.55 Å². The highest BCUT2D eigenvalue weighted by Crippen LogP contribution is 2.29. The van der Waals surface area contributed by atoms with E-state index >= 15 is 0 Å². The van der Waals surface area contributed by atoms with Crippen LogP contribution in [0.5, 0.6) is 5.75 Å². The first kappa shape index (κ1) is 25.5. The highest BCUT2D eigenvalue weighted by atomic mass is 35.5. The van der Waals surface area contributed by atoms with Crippen molar-refractivity contribution >= 4 is 45.0 Å². The molecule has 0 fully saturated rings. The molecule has 2 aromatic heterocycles. The lowest BCUT2D eigenvalue weighted by Gasteiger charge is -2.12. The van der Waals surface area contributed by atoms with Gasteiger partial charge in [0.15, 0.2) is 0 Å². The lowest BCUT2D eigenvalue weighted by molar-refractivity contribution is -0.0498. The zero-order chi connectivity index (χ0) is 27.6. The van der Waals surface area contributed by atoms with E-state index in [1.165, 1.54) is 12.1 Å². The van der Waals surface area contributed by atoms with Crippen LogP contribution in [0, 0.1) is 0 Å². The number of hydrogen-bond acceptors (Lipinski definition) is 3. The average molecular weight is 554 g/mol. The Labute approximate surface area is 233 Å². The minimum absolute atomic E-state index is 0.0483. The number of carbonyl (C=O) groups is 1. The molecule has 2 heterocycles. The average Bonchev–Trinajstić information content (AvgIpc) is 3.35. The van der Waals surface area contributed by atoms with E-state index in [0.29, 0.717) is 45.0 Å². The van der Waals surface area contributed by atoms with E-state index in [9.17, 15) is 13.6 Å². The van der Waals surface area contributed by atoms with Gasteiger partial charge >= 0.3 is 6.61 Å². The fraction of sp³-hybridized carbons (Fsp3) is 0.0625. The van der Waals surface area contributed by atoms with Gasteiger partial charge in [-0.3, -0.25) is 4.79 Å². The number of fused-ring (bicyclic) bond motifs is 2. The van der Waals surface area contributed by atoms with Crippen molar-refractivity contribution in [2.24, 2.45) is 0 Å². The van der Waals surface area contributed by atoms with E-state index in [0.717, 1.165) is 16.5 Å². The quantitative estimate of drug-likeness (QED) is 0.216. The van der Waals surface area contributed by atoms with Crippen LogP contribution >= 0.6 is 11.6 Å². The van der Waals surface area contributed by atoms with Crippen LogP contribution in [0.3, 0.4) is 0 Å². The van der Waals surface area contributed by atoms with Gasteiger partial charge in [-0.05, 0) is 71.6 Å². The fourth-order valence-electron chi connectivity index (χ4n) is 4.73. The van der Waals surface area contributed by atoms with E-state index in [1.807, 2.05) is 79.0 Å². The molecule has 0 spiro atoms. The third-order valence-electron chi connectivity index (χ3n) is 6.67. The van der Waals surface area contributed by atoms with Crippen LogP contribution in [0.1, 0.15) is 15.9 Å². The topological polar surface area (TPSA) is 56.2 Å². The van der Waals surface area contributed by atoms with E-state index in [-0.39, 0.29) is 11.7 Å². The molecule has 40 heavy (non-hydrogen) atoms. The lowest BCUT2D eigenvalue weighted by Crippen LogP contribution is -2.13. The molecule has 198 valence electrons. The summed E-state index contributed by atoms with van der Waals surface area (Å²) >= 11 is 6.38. The summed E-state index contributed by atoms with van der Waals surface area (Å²) in [4.78, 5) is 18.3. The van der Waals surface area contributed by atoms with Crippen LogP contribution in [-0.2, 0) is 6.54 Å². The first-order valence-corrected chi connectivity index (χ1v) is 12.9. The second-order valence-corrected chi connectivity index (χ2v) is 9.65. The van der Waals surface area contributed by atoms with Gasteiger partial charge < -0.3 is 14.6 Å². The number of benzene rings is 4. The second-order valence-electron chi connectivity index (χ2n) is 9.24. The summed E-state index contributed by atoms with van der Waals surface area (Å²) in [5.74, 6) is -0.242. The Hall–Kier alpha value is -4.75. The maximum Gasteiger partial charge on any atom is 0.387 e. The molecule has 0 radical (unpaired) electrons. The molecule has 0 saturated carbocycles. The number of ether oxygens (including phenoxy) is 1. The summed E-state index contributed by atoms with van der Waals surface area (Å²) < 4.78 is 31.7. The van der Waals surface area contributed by atoms with Crippen LogP contribution in [0.15, 0.2) is 109 Å². The summed E-state index contributed by atoms with van der Waals surface area (Å²) in [7, 11) is 0. The van der Waals surface area contributed by atoms with Crippen molar-refractivity contribution in [3.8, 4) is 17.0 Å². The minimum atomic E-state index is -2.90. The first-order valence-electron chi connectivity index (χ1n) is 12.5. The smallest absolute Gasteiger partial charge is 0.387 e. The Kier molecular flexibility index (Phi) is 6.88. The van der Waals surface area contributed by atoms with Gasteiger partial charge in [0.1, 0.15) is 5.75 Å². The highest BCUT2D eigenvalue weighted by molar-refractivity contribution is 6.31. The summed E-state index contributed by atoms with van der Waals surface area (Å²) in [6, 6.07) is 30.8. The van der Waals surface area contributed by atoms with Gasteiger partial charge in [-0.25, -0.2) is 4.98 Å². The van der Waals surface area contributed by atoms with E-state index in [4.69, 9.17) is 16.6 Å². The van der Waals surface area contributed by atoms with Crippen molar-refractivity contribution in [2.75, 3.05) is 5.32 Å². The SMILES string of the molecule is O=C(Nc1ccc2ccn(Cc3ccccc3Cl)c2c1)c1cc(-c2ccc(OC(F)F)cc2)nc2ccccc12. The molecule has 1 amide bonds. The van der Waals surface area contributed by atoms with Gasteiger partial charge in [0.25, 0.3) is 5.91 Å². The zero-order valence-electron chi connectivity index (χ0n) is 21.0. The third kappa shape index (κ3) is 5.24. The molecule has 0 atom stereocenters. The molecular weight excluding hydrogens is 532 g/mol. The maximum absolute atomic E-state index is 13.6. The number of nitrogens with zero attached hydrogens (tertiary/aromatic N) is 2. The van der Waals surface area contributed by atoms with Gasteiger partial charge in [-0.2, -0.15) is 8.78 Å². The van der Waals surface area contributed by atoms with Gasteiger partial charge in [-0.1, -0.05) is 54.1 Å². The van der Waals surface area contributed by atoms with E-state index in [2.05, 4.69) is 14.6 Å². The van der Waals surface area contributed by atoms with E-state index in [1.54, 1.807) is 18.2 Å². The Morgan fingerprint density at radius 3 is 2.50 bits per heavy atom. The van der Waals surface area contributed by atoms with Gasteiger partial charge in [-0.15, -0.1) is 0 Å². The van der Waals surface area contributed by atoms with Gasteiger partial charge in [0.2, 0.25) is 0 Å². The number of carbonyl (C=O) groups excluding carboxylic acids is 1. The Bertz CT molecular complexity index is 1850. The van der Waals surface area contributed by atoms with Crippen molar-refractivity contribution < 1.29 is 18.3 Å². The molecular formula is C32H22ClF2N3O2. The number of anilines is 1. The van der Waals surface area contributed by atoms with Crippen LogP contribution in [0.2, 0.25) is 5.02 Å². The minimum Gasteiger partial charge on any atom is -0.435 e. The fourth-order valence-corrected chi connectivity index (χ4v) is 4.92. The standard InChI is InChI=1S/C32H22ClF2N3O2/c33-27-7-3-1-5-22(27)19-38-16-15-21-9-12-23(17-30(21)38)36-31(39)26-18-29(37-28-8-4-2-6-25(26)28)20-10-13-24(14-11-20)40-32(34)35/h1-18,32H,19H2,(H,36,39). The molecule has 0 aliphatic heterocycles. The molecule has 0 aliphatic carbocycles.